The molecule has 0 amide bonds. The van der Waals surface area contributed by atoms with Gasteiger partial charge in [-0.05, 0) is 24.7 Å². The molecular weight excluding hydrogens is 242 g/mol. The second kappa shape index (κ2) is 6.17. The van der Waals surface area contributed by atoms with Crippen LogP contribution in [0.1, 0.15) is 51.8 Å². The third kappa shape index (κ3) is 3.33. The van der Waals surface area contributed by atoms with Gasteiger partial charge in [0.2, 0.25) is 0 Å². The molecular formula is C14H23N3O2. The van der Waals surface area contributed by atoms with Crippen molar-refractivity contribution in [3.63, 3.8) is 0 Å². The maximum Gasteiger partial charge on any atom is 0.324 e. The van der Waals surface area contributed by atoms with Crippen LogP contribution in [0.25, 0.3) is 0 Å². The number of rotatable bonds is 5. The molecule has 1 aliphatic heterocycles. The summed E-state index contributed by atoms with van der Waals surface area (Å²) in [6, 6.07) is 0.644. The molecule has 0 radical (unpaired) electrons. The van der Waals surface area contributed by atoms with E-state index in [0.717, 1.165) is 38.0 Å². The van der Waals surface area contributed by atoms with Gasteiger partial charge in [-0.15, -0.1) is 0 Å². The summed E-state index contributed by atoms with van der Waals surface area (Å²) in [5.41, 5.74) is 0. The van der Waals surface area contributed by atoms with Crippen molar-refractivity contribution in [2.45, 2.75) is 46.0 Å². The minimum atomic E-state index is 0.294. The summed E-state index contributed by atoms with van der Waals surface area (Å²) in [5.74, 6) is 2.18. The van der Waals surface area contributed by atoms with Crippen LogP contribution in [0.15, 0.2) is 4.52 Å². The molecule has 0 aromatic carbocycles. The second-order valence-corrected chi connectivity index (χ2v) is 5.79. The molecule has 106 valence electrons. The molecule has 0 spiro atoms. The highest BCUT2D eigenvalue weighted by atomic mass is 16.5. The minimum Gasteiger partial charge on any atom is -0.324 e. The van der Waals surface area contributed by atoms with Gasteiger partial charge in [0, 0.05) is 25.4 Å². The number of aldehydes is 1. The van der Waals surface area contributed by atoms with Gasteiger partial charge >= 0.3 is 6.01 Å². The highest BCUT2D eigenvalue weighted by Crippen LogP contribution is 2.28. The molecule has 1 fully saturated rings. The fraction of sp³-hybridized carbons (Fsp3) is 0.786. The Morgan fingerprint density at radius 3 is 2.58 bits per heavy atom. The van der Waals surface area contributed by atoms with Gasteiger partial charge in [-0.3, -0.25) is 0 Å². The number of hydrogen-bond donors (Lipinski definition) is 0. The van der Waals surface area contributed by atoms with E-state index < -0.39 is 0 Å². The van der Waals surface area contributed by atoms with Crippen molar-refractivity contribution in [2.75, 3.05) is 18.0 Å². The van der Waals surface area contributed by atoms with Crippen molar-refractivity contribution in [2.24, 2.45) is 11.8 Å². The van der Waals surface area contributed by atoms with Crippen molar-refractivity contribution < 1.29 is 9.32 Å². The highest BCUT2D eigenvalue weighted by Gasteiger charge is 2.26. The van der Waals surface area contributed by atoms with Gasteiger partial charge in [0.25, 0.3) is 0 Å². The lowest BCUT2D eigenvalue weighted by atomic mass is 9.84. The van der Waals surface area contributed by atoms with Crippen LogP contribution in [-0.2, 0) is 4.79 Å². The minimum absolute atomic E-state index is 0.294. The Hall–Kier alpha value is -1.39. The summed E-state index contributed by atoms with van der Waals surface area (Å²) in [6.07, 6.45) is 3.88. The van der Waals surface area contributed by atoms with Gasteiger partial charge in [0.05, 0.1) is 0 Å². The molecule has 1 aromatic heterocycles. The third-order valence-corrected chi connectivity index (χ3v) is 4.03. The molecule has 19 heavy (non-hydrogen) atoms. The lowest BCUT2D eigenvalue weighted by molar-refractivity contribution is -0.108. The molecule has 1 unspecified atom stereocenters. The van der Waals surface area contributed by atoms with Crippen molar-refractivity contribution in [3.05, 3.63) is 5.82 Å². The van der Waals surface area contributed by atoms with Crippen LogP contribution in [0.3, 0.4) is 0 Å². The Balaban J connectivity index is 1.90. The molecule has 0 aliphatic carbocycles. The van der Waals surface area contributed by atoms with Crippen LogP contribution in [0.2, 0.25) is 0 Å². The van der Waals surface area contributed by atoms with Crippen LogP contribution in [0.5, 0.6) is 0 Å². The lowest BCUT2D eigenvalue weighted by Crippen LogP contribution is -2.36. The zero-order valence-electron chi connectivity index (χ0n) is 12.0. The van der Waals surface area contributed by atoms with Crippen molar-refractivity contribution in [1.29, 1.82) is 0 Å². The molecule has 5 nitrogen and oxygen atoms in total. The number of carbonyl (C=O) groups is 1. The summed E-state index contributed by atoms with van der Waals surface area (Å²) in [6.45, 7) is 8.16. The summed E-state index contributed by atoms with van der Waals surface area (Å²) >= 11 is 0. The molecule has 0 bridgehead atoms. The maximum absolute atomic E-state index is 10.6. The molecule has 1 atom stereocenters. The van der Waals surface area contributed by atoms with E-state index in [9.17, 15) is 4.79 Å². The lowest BCUT2D eigenvalue weighted by Gasteiger charge is -2.33. The van der Waals surface area contributed by atoms with Gasteiger partial charge in [-0.2, -0.15) is 4.98 Å². The molecule has 5 heteroatoms. The molecule has 1 aliphatic rings. The predicted octanol–water partition coefficient (Wildman–Crippen LogP) is 2.63. The summed E-state index contributed by atoms with van der Waals surface area (Å²) in [5, 5.41) is 4.00. The topological polar surface area (TPSA) is 59.2 Å². The van der Waals surface area contributed by atoms with Crippen molar-refractivity contribution in [3.8, 4) is 0 Å². The van der Waals surface area contributed by atoms with E-state index in [2.05, 4.69) is 35.8 Å². The van der Waals surface area contributed by atoms with E-state index in [0.29, 0.717) is 30.2 Å². The summed E-state index contributed by atoms with van der Waals surface area (Å²) < 4.78 is 5.32. The largest absolute Gasteiger partial charge is 0.324 e. The molecule has 1 aromatic rings. The molecule has 2 heterocycles. The fourth-order valence-corrected chi connectivity index (χ4v) is 2.59. The van der Waals surface area contributed by atoms with Crippen LogP contribution in [0, 0.1) is 11.8 Å². The number of hydrogen-bond acceptors (Lipinski definition) is 5. The predicted molar refractivity (Wildman–Crippen MR) is 73.2 cm³/mol. The molecule has 2 rings (SSSR count). The van der Waals surface area contributed by atoms with E-state index in [-0.39, 0.29) is 0 Å². The monoisotopic (exact) mass is 265 g/mol. The van der Waals surface area contributed by atoms with Crippen LogP contribution < -0.4 is 4.90 Å². The average Bonchev–Trinajstić information content (AvgIpc) is 2.89. The van der Waals surface area contributed by atoms with E-state index in [1.165, 1.54) is 0 Å². The normalized spacial score (nSPS) is 18.8. The molecule has 1 saturated heterocycles. The first-order valence-electron chi connectivity index (χ1n) is 7.14. The maximum atomic E-state index is 10.6. The Morgan fingerprint density at radius 2 is 2.05 bits per heavy atom. The molecule has 0 N–H and O–H groups in total. The van der Waals surface area contributed by atoms with E-state index in [1.54, 1.807) is 0 Å². The van der Waals surface area contributed by atoms with E-state index >= 15 is 0 Å². The average molecular weight is 265 g/mol. The van der Waals surface area contributed by atoms with Crippen LogP contribution in [0.4, 0.5) is 6.01 Å². The van der Waals surface area contributed by atoms with Gasteiger partial charge in [-0.25, -0.2) is 0 Å². The zero-order chi connectivity index (χ0) is 13.8. The fourth-order valence-electron chi connectivity index (χ4n) is 2.59. The van der Waals surface area contributed by atoms with Gasteiger partial charge in [0.1, 0.15) is 6.29 Å². The van der Waals surface area contributed by atoms with Gasteiger partial charge in [0.15, 0.2) is 5.82 Å². The summed E-state index contributed by atoms with van der Waals surface area (Å²) in [7, 11) is 0. The number of anilines is 1. The van der Waals surface area contributed by atoms with Crippen molar-refractivity contribution >= 4 is 12.3 Å². The van der Waals surface area contributed by atoms with Crippen molar-refractivity contribution in [1.82, 2.24) is 10.1 Å². The number of carbonyl (C=O) groups excluding carboxylic acids is 1. The quantitative estimate of drug-likeness (QED) is 0.766. The smallest absolute Gasteiger partial charge is 0.324 e. The Kier molecular flexibility index (Phi) is 4.56. The van der Waals surface area contributed by atoms with E-state index in [4.69, 9.17) is 4.52 Å². The number of aromatic nitrogens is 2. The van der Waals surface area contributed by atoms with Crippen LogP contribution >= 0.6 is 0 Å². The summed E-state index contributed by atoms with van der Waals surface area (Å²) in [4.78, 5) is 17.2. The van der Waals surface area contributed by atoms with Gasteiger partial charge < -0.3 is 14.2 Å². The SMILES string of the molecule is CC(C)c1noc(N2CCC(C(C)CC=O)CC2)n1. The number of nitrogens with zero attached hydrogens (tertiary/aromatic N) is 3. The standard InChI is InChI=1S/C14H23N3O2/c1-10(2)13-15-14(19-16-13)17-7-4-12(5-8-17)11(3)6-9-18/h9-12H,4-8H2,1-3H3. The first-order valence-corrected chi connectivity index (χ1v) is 7.14. The van der Waals surface area contributed by atoms with E-state index in [1.807, 2.05) is 0 Å². The third-order valence-electron chi connectivity index (χ3n) is 4.03. The first-order chi connectivity index (χ1) is 9.11. The zero-order valence-corrected chi connectivity index (χ0v) is 12.0. The van der Waals surface area contributed by atoms with Crippen LogP contribution in [-0.4, -0.2) is 29.5 Å². The van der Waals surface area contributed by atoms with Gasteiger partial charge in [-0.1, -0.05) is 25.9 Å². The number of piperidine rings is 1. The molecule has 0 saturated carbocycles. The Bertz CT molecular complexity index is 409. The second-order valence-electron chi connectivity index (χ2n) is 5.79. The first kappa shape index (κ1) is 14.0. The Morgan fingerprint density at radius 1 is 1.37 bits per heavy atom. The Labute approximate surface area is 114 Å². The highest BCUT2D eigenvalue weighted by molar-refractivity contribution is 5.49.